The first kappa shape index (κ1) is 25.6. The molecule has 1 amide bonds. The van der Waals surface area contributed by atoms with Gasteiger partial charge in [-0.2, -0.15) is 16.9 Å². The van der Waals surface area contributed by atoms with Gasteiger partial charge >= 0.3 is 0 Å². The van der Waals surface area contributed by atoms with E-state index in [0.717, 1.165) is 27.1 Å². The highest BCUT2D eigenvalue weighted by molar-refractivity contribution is 8.00. The molecule has 0 aromatic heterocycles. The van der Waals surface area contributed by atoms with Crippen LogP contribution in [0.1, 0.15) is 12.5 Å². The lowest BCUT2D eigenvalue weighted by molar-refractivity contribution is -0.119. The zero-order valence-electron chi connectivity index (χ0n) is 19.7. The van der Waals surface area contributed by atoms with Crippen molar-refractivity contribution in [3.05, 3.63) is 84.4 Å². The summed E-state index contributed by atoms with van der Waals surface area (Å²) < 4.78 is 39.2. The van der Waals surface area contributed by atoms with Gasteiger partial charge < -0.3 is 9.47 Å². The molecule has 0 unspecified atom stereocenters. The predicted octanol–water partition coefficient (Wildman–Crippen LogP) is 3.93. The molecule has 1 aliphatic heterocycles. The van der Waals surface area contributed by atoms with Crippen molar-refractivity contribution in [2.75, 3.05) is 29.0 Å². The molecule has 3 aromatic carbocycles. The number of hydrazone groups is 1. The summed E-state index contributed by atoms with van der Waals surface area (Å²) in [7, 11) is -4.03. The third-order valence-electron chi connectivity index (χ3n) is 5.23. The van der Waals surface area contributed by atoms with Crippen molar-refractivity contribution in [2.45, 2.75) is 17.9 Å². The van der Waals surface area contributed by atoms with Gasteiger partial charge in [0.05, 0.1) is 23.4 Å². The number of rotatable bonds is 11. The van der Waals surface area contributed by atoms with Crippen molar-refractivity contribution in [1.82, 2.24) is 5.43 Å². The van der Waals surface area contributed by atoms with E-state index < -0.39 is 22.5 Å². The number of carbonyl (C=O) groups is 1. The van der Waals surface area contributed by atoms with Gasteiger partial charge in [0.15, 0.2) is 0 Å². The first-order chi connectivity index (χ1) is 17.5. The largest absolute Gasteiger partial charge is 0.494 e. The van der Waals surface area contributed by atoms with Crippen molar-refractivity contribution in [3.8, 4) is 11.5 Å². The molecule has 0 aliphatic carbocycles. The van der Waals surface area contributed by atoms with Gasteiger partial charge in [-0.25, -0.2) is 13.8 Å². The number of carbonyl (C=O) groups excluding carboxylic acids is 1. The van der Waals surface area contributed by atoms with Crippen LogP contribution in [0.2, 0.25) is 0 Å². The molecule has 8 nitrogen and oxygen atoms in total. The number of benzene rings is 3. The van der Waals surface area contributed by atoms with Crippen LogP contribution in [0.25, 0.3) is 0 Å². The van der Waals surface area contributed by atoms with E-state index in [1.807, 2.05) is 43.0 Å². The number of thioether (sulfide) groups is 1. The summed E-state index contributed by atoms with van der Waals surface area (Å²) in [5.74, 6) is 2.68. The van der Waals surface area contributed by atoms with Crippen LogP contribution >= 0.6 is 11.8 Å². The summed E-state index contributed by atoms with van der Waals surface area (Å²) >= 11 is 1.84. The fourth-order valence-electron chi connectivity index (χ4n) is 3.40. The molecular weight excluding hydrogens is 498 g/mol. The molecule has 0 bridgehead atoms. The number of ether oxygens (including phenoxy) is 2. The number of hydrogen-bond acceptors (Lipinski definition) is 7. The summed E-state index contributed by atoms with van der Waals surface area (Å²) in [6.45, 7) is 1.88. The zero-order valence-corrected chi connectivity index (χ0v) is 21.4. The molecule has 10 heteroatoms. The molecule has 0 saturated carbocycles. The average Bonchev–Trinajstić information content (AvgIpc) is 2.86. The Hall–Kier alpha value is -3.50. The molecule has 3 aromatic rings. The van der Waals surface area contributed by atoms with Crippen LogP contribution < -0.4 is 19.2 Å². The second-order valence-electron chi connectivity index (χ2n) is 7.89. The fraction of sp³-hybridized carbons (Fsp3) is 0.231. The Balaban J connectivity index is 1.46. The second kappa shape index (κ2) is 12.0. The molecule has 1 N–H and O–H groups in total. The van der Waals surface area contributed by atoms with Gasteiger partial charge in [0, 0.05) is 11.5 Å². The maximum absolute atomic E-state index is 13.4. The van der Waals surface area contributed by atoms with Crippen LogP contribution in [-0.2, 0) is 14.8 Å². The first-order valence-electron chi connectivity index (χ1n) is 11.4. The highest BCUT2D eigenvalue weighted by Gasteiger charge is 2.27. The standard InChI is InChI=1S/C26H27N3O5S2/c1-2-33-22-11-13-25(14-12-22)36(31,32)29(21-8-4-3-5-9-21)17-26(30)28-27-16-20-7-6-10-23(15-20)34-24-18-35-19-24/h3-16,24H,2,17-19H2,1H3,(H,28,30)/b27-16-. The average molecular weight is 526 g/mol. The van der Waals surface area contributed by atoms with Gasteiger partial charge in [0.25, 0.3) is 15.9 Å². The molecule has 188 valence electrons. The van der Waals surface area contributed by atoms with Gasteiger partial charge in [-0.3, -0.25) is 9.10 Å². The smallest absolute Gasteiger partial charge is 0.264 e. The molecular formula is C26H27N3O5S2. The highest BCUT2D eigenvalue weighted by Crippen LogP contribution is 2.25. The number of nitrogens with zero attached hydrogens (tertiary/aromatic N) is 2. The number of sulfonamides is 1. The van der Waals surface area contributed by atoms with E-state index >= 15 is 0 Å². The van der Waals surface area contributed by atoms with Crippen LogP contribution in [0.15, 0.2) is 88.9 Å². The maximum atomic E-state index is 13.4. The fourth-order valence-corrected chi connectivity index (χ4v) is 5.38. The topological polar surface area (TPSA) is 97.3 Å². The lowest BCUT2D eigenvalue weighted by atomic mass is 10.2. The quantitative estimate of drug-likeness (QED) is 0.301. The molecule has 1 fully saturated rings. The third kappa shape index (κ3) is 6.58. The van der Waals surface area contributed by atoms with Crippen LogP contribution in [0.3, 0.4) is 0 Å². The van der Waals surface area contributed by atoms with E-state index in [-0.39, 0.29) is 11.0 Å². The zero-order chi connectivity index (χ0) is 25.4. The van der Waals surface area contributed by atoms with Gasteiger partial charge in [-0.1, -0.05) is 30.3 Å². The minimum absolute atomic E-state index is 0.0489. The van der Waals surface area contributed by atoms with Crippen LogP contribution in [0, 0.1) is 0 Å². The van der Waals surface area contributed by atoms with E-state index in [0.29, 0.717) is 18.0 Å². The van der Waals surface area contributed by atoms with E-state index in [2.05, 4.69) is 10.5 Å². The van der Waals surface area contributed by atoms with Crippen LogP contribution in [-0.4, -0.2) is 51.3 Å². The molecule has 1 saturated heterocycles. The Morgan fingerprint density at radius 3 is 2.47 bits per heavy atom. The Morgan fingerprint density at radius 1 is 1.06 bits per heavy atom. The Morgan fingerprint density at radius 2 is 1.81 bits per heavy atom. The number of hydrogen-bond donors (Lipinski definition) is 1. The van der Waals surface area contributed by atoms with Crippen molar-refractivity contribution >= 4 is 39.6 Å². The molecule has 36 heavy (non-hydrogen) atoms. The van der Waals surface area contributed by atoms with Gasteiger partial charge in [-0.05, 0) is 61.0 Å². The van der Waals surface area contributed by atoms with E-state index in [1.54, 1.807) is 42.5 Å². The third-order valence-corrected chi connectivity index (χ3v) is 8.23. The number of para-hydroxylation sites is 1. The molecule has 1 aliphatic rings. The summed E-state index contributed by atoms with van der Waals surface area (Å²) in [6, 6.07) is 22.0. The number of nitrogens with one attached hydrogen (secondary N) is 1. The van der Waals surface area contributed by atoms with Gasteiger partial charge in [-0.15, -0.1) is 0 Å². The Kier molecular flexibility index (Phi) is 8.50. The van der Waals surface area contributed by atoms with Crippen LogP contribution in [0.5, 0.6) is 11.5 Å². The summed E-state index contributed by atoms with van der Waals surface area (Å²) in [5.41, 5.74) is 3.54. The first-order valence-corrected chi connectivity index (χ1v) is 14.0. The van der Waals surface area contributed by atoms with Crippen molar-refractivity contribution in [1.29, 1.82) is 0 Å². The lowest BCUT2D eigenvalue weighted by Gasteiger charge is -2.25. The van der Waals surface area contributed by atoms with Crippen molar-refractivity contribution < 1.29 is 22.7 Å². The molecule has 0 atom stereocenters. The molecule has 4 rings (SSSR count). The normalized spacial score (nSPS) is 13.7. The van der Waals surface area contributed by atoms with Crippen molar-refractivity contribution in [2.24, 2.45) is 5.10 Å². The Labute approximate surface area is 215 Å². The highest BCUT2D eigenvalue weighted by atomic mass is 32.2. The van der Waals surface area contributed by atoms with E-state index in [1.165, 1.54) is 18.3 Å². The molecule has 1 heterocycles. The van der Waals surface area contributed by atoms with E-state index in [9.17, 15) is 13.2 Å². The molecule has 0 radical (unpaired) electrons. The van der Waals surface area contributed by atoms with E-state index in [4.69, 9.17) is 9.47 Å². The summed E-state index contributed by atoms with van der Waals surface area (Å²) in [6.07, 6.45) is 1.72. The maximum Gasteiger partial charge on any atom is 0.264 e. The number of amides is 1. The SMILES string of the molecule is CCOc1ccc(S(=O)(=O)N(CC(=O)N/N=C\c2cccc(OC3CSC3)c2)c2ccccc2)cc1. The monoisotopic (exact) mass is 525 g/mol. The van der Waals surface area contributed by atoms with Crippen molar-refractivity contribution in [3.63, 3.8) is 0 Å². The number of anilines is 1. The minimum Gasteiger partial charge on any atom is -0.494 e. The Bertz CT molecular complexity index is 1290. The van der Waals surface area contributed by atoms with Gasteiger partial charge in [0.2, 0.25) is 0 Å². The van der Waals surface area contributed by atoms with Gasteiger partial charge in [0.1, 0.15) is 24.1 Å². The minimum atomic E-state index is -4.03. The summed E-state index contributed by atoms with van der Waals surface area (Å²) in [5, 5.41) is 4.01. The van der Waals surface area contributed by atoms with Crippen LogP contribution in [0.4, 0.5) is 5.69 Å². The lowest BCUT2D eigenvalue weighted by Crippen LogP contribution is -2.39. The summed E-state index contributed by atoms with van der Waals surface area (Å²) in [4.78, 5) is 12.8. The molecule has 0 spiro atoms. The second-order valence-corrected chi connectivity index (χ2v) is 10.8. The predicted molar refractivity (Wildman–Crippen MR) is 143 cm³/mol.